The Balaban J connectivity index is 2.18. The van der Waals surface area contributed by atoms with Crippen molar-refractivity contribution in [1.29, 1.82) is 0 Å². The fraction of sp³-hybridized carbons (Fsp3) is 0.500. The number of H-pyrrole nitrogens is 1. The quantitative estimate of drug-likeness (QED) is 0.547. The van der Waals surface area contributed by atoms with E-state index in [-0.39, 0.29) is 12.2 Å². The monoisotopic (exact) mass is 418 g/mol. The van der Waals surface area contributed by atoms with Gasteiger partial charge in [0.25, 0.3) is 0 Å². The van der Waals surface area contributed by atoms with Crippen LogP contribution in [0.15, 0.2) is 24.4 Å². The summed E-state index contributed by atoms with van der Waals surface area (Å²) in [4.78, 5) is 39.2. The Morgan fingerprint density at radius 1 is 1.03 bits per heavy atom. The third-order valence-electron chi connectivity index (χ3n) is 3.94. The molecular weight excluding hydrogens is 388 g/mol. The molecule has 1 aromatic heterocycles. The zero-order chi connectivity index (χ0) is 22.7. The van der Waals surface area contributed by atoms with Crippen LogP contribution in [0.2, 0.25) is 0 Å². The number of ketones is 1. The molecule has 0 bridgehead atoms. The number of hydrogen-bond donors (Lipinski definition) is 2. The van der Waals surface area contributed by atoms with Crippen molar-refractivity contribution in [3.05, 3.63) is 30.0 Å². The molecule has 0 spiro atoms. The highest BCUT2D eigenvalue weighted by Gasteiger charge is 2.24. The smallest absolute Gasteiger partial charge is 0.444 e. The molecule has 8 heteroatoms. The predicted octanol–water partition coefficient (Wildman–Crippen LogP) is 4.51. The number of rotatable bonds is 5. The summed E-state index contributed by atoms with van der Waals surface area (Å²) in [5.41, 5.74) is 0.264. The van der Waals surface area contributed by atoms with Crippen molar-refractivity contribution in [2.24, 2.45) is 0 Å². The maximum absolute atomic E-state index is 12.1. The number of Topliss-reactive ketones (excluding diaryl/α,β-unsaturated/α-hetero) is 1. The van der Waals surface area contributed by atoms with Crippen molar-refractivity contribution < 1.29 is 28.6 Å². The van der Waals surface area contributed by atoms with Gasteiger partial charge in [-0.15, -0.1) is 0 Å². The lowest BCUT2D eigenvalue weighted by Crippen LogP contribution is -2.43. The second-order valence-corrected chi connectivity index (χ2v) is 9.10. The number of aromatic amines is 1. The molecule has 2 aromatic rings. The van der Waals surface area contributed by atoms with E-state index < -0.39 is 29.5 Å². The zero-order valence-corrected chi connectivity index (χ0v) is 18.5. The molecule has 0 aliphatic carbocycles. The summed E-state index contributed by atoms with van der Waals surface area (Å²) in [6.45, 7) is 11.9. The summed E-state index contributed by atoms with van der Waals surface area (Å²) in [7, 11) is 0. The van der Waals surface area contributed by atoms with E-state index in [0.29, 0.717) is 5.75 Å². The van der Waals surface area contributed by atoms with Crippen molar-refractivity contribution >= 4 is 28.9 Å². The van der Waals surface area contributed by atoms with Crippen molar-refractivity contribution in [1.82, 2.24) is 10.3 Å². The normalized spacial score (nSPS) is 12.9. The van der Waals surface area contributed by atoms with Crippen molar-refractivity contribution in [2.45, 2.75) is 72.1 Å². The summed E-state index contributed by atoms with van der Waals surface area (Å²) >= 11 is 0. The molecule has 2 N–H and O–H groups in total. The molecule has 1 heterocycles. The first kappa shape index (κ1) is 23.3. The zero-order valence-electron chi connectivity index (χ0n) is 18.5. The van der Waals surface area contributed by atoms with Crippen molar-refractivity contribution in [2.75, 3.05) is 0 Å². The van der Waals surface area contributed by atoms with E-state index in [9.17, 15) is 14.4 Å². The number of ether oxygens (including phenoxy) is 3. The standard InChI is InChI=1S/C22H30N2O6/c1-13(25)18(24-19(26)29-21(2,3)4)10-14-12-23-17-9-8-15(11-16(14)17)28-20(27)30-22(5,6)7/h8-9,11-12,18,23H,10H2,1-7H3,(H,24,26)/t18-/m0/s1. The minimum absolute atomic E-state index is 0.198. The van der Waals surface area contributed by atoms with E-state index in [2.05, 4.69) is 10.3 Å². The van der Waals surface area contributed by atoms with E-state index in [0.717, 1.165) is 16.5 Å². The van der Waals surface area contributed by atoms with Crippen LogP contribution in [0.1, 0.15) is 54.0 Å². The Morgan fingerprint density at radius 2 is 1.67 bits per heavy atom. The lowest BCUT2D eigenvalue weighted by molar-refractivity contribution is -0.119. The van der Waals surface area contributed by atoms with Gasteiger partial charge in [-0.2, -0.15) is 0 Å². The summed E-state index contributed by atoms with van der Waals surface area (Å²) < 4.78 is 15.7. The summed E-state index contributed by atoms with van der Waals surface area (Å²) in [5, 5.41) is 3.39. The molecule has 30 heavy (non-hydrogen) atoms. The fourth-order valence-electron chi connectivity index (χ4n) is 2.72. The Morgan fingerprint density at radius 3 is 2.23 bits per heavy atom. The maximum atomic E-state index is 12.1. The van der Waals surface area contributed by atoms with Crippen LogP contribution in [-0.2, 0) is 20.7 Å². The summed E-state index contributed by atoms with van der Waals surface area (Å²) in [6.07, 6.45) is 0.558. The van der Waals surface area contributed by atoms with Gasteiger partial charge >= 0.3 is 12.2 Å². The molecule has 0 unspecified atom stereocenters. The third-order valence-corrected chi connectivity index (χ3v) is 3.94. The van der Waals surface area contributed by atoms with Gasteiger partial charge < -0.3 is 24.5 Å². The van der Waals surface area contributed by atoms with E-state index in [1.54, 1.807) is 65.9 Å². The van der Waals surface area contributed by atoms with Gasteiger partial charge in [-0.05, 0) is 72.2 Å². The van der Waals surface area contributed by atoms with Crippen LogP contribution in [0.3, 0.4) is 0 Å². The Kier molecular flexibility index (Phi) is 6.80. The van der Waals surface area contributed by atoms with Gasteiger partial charge in [0.05, 0.1) is 6.04 Å². The van der Waals surface area contributed by atoms with Crippen LogP contribution >= 0.6 is 0 Å². The van der Waals surface area contributed by atoms with Gasteiger partial charge in [-0.1, -0.05) is 0 Å². The SMILES string of the molecule is CC(=O)[C@H](Cc1c[nH]c2ccc(OC(=O)OC(C)(C)C)cc12)NC(=O)OC(C)(C)C. The molecule has 164 valence electrons. The molecule has 0 aliphatic rings. The number of hydrogen-bond acceptors (Lipinski definition) is 6. The molecule has 1 atom stereocenters. The van der Waals surface area contributed by atoms with Gasteiger partial charge in [0.1, 0.15) is 17.0 Å². The highest BCUT2D eigenvalue weighted by molar-refractivity contribution is 5.89. The van der Waals surface area contributed by atoms with Crippen molar-refractivity contribution in [3.63, 3.8) is 0 Å². The molecule has 0 saturated heterocycles. The molecule has 2 rings (SSSR count). The summed E-state index contributed by atoms with van der Waals surface area (Å²) in [6, 6.07) is 4.35. The minimum atomic E-state index is -0.799. The van der Waals surface area contributed by atoms with Crippen LogP contribution < -0.4 is 10.1 Å². The number of amides is 1. The third kappa shape index (κ3) is 7.09. The first-order valence-electron chi connectivity index (χ1n) is 9.74. The predicted molar refractivity (Wildman–Crippen MR) is 113 cm³/mol. The molecule has 1 aromatic carbocycles. The van der Waals surface area contributed by atoms with Gasteiger partial charge in [-0.25, -0.2) is 9.59 Å². The topological polar surface area (TPSA) is 107 Å². The van der Waals surface area contributed by atoms with Crippen LogP contribution in [-0.4, -0.2) is 40.3 Å². The number of benzene rings is 1. The van der Waals surface area contributed by atoms with Crippen molar-refractivity contribution in [3.8, 4) is 5.75 Å². The molecule has 1 amide bonds. The van der Waals surface area contributed by atoms with Crippen LogP contribution in [0, 0.1) is 0 Å². The lowest BCUT2D eigenvalue weighted by Gasteiger charge is -2.22. The number of carbonyl (C=O) groups excluding carboxylic acids is 3. The number of nitrogens with one attached hydrogen (secondary N) is 2. The van der Waals surface area contributed by atoms with Gasteiger partial charge in [0.2, 0.25) is 0 Å². The lowest BCUT2D eigenvalue weighted by atomic mass is 10.0. The highest BCUT2D eigenvalue weighted by atomic mass is 16.7. The molecule has 0 radical (unpaired) electrons. The molecular formula is C22H30N2O6. The molecule has 0 fully saturated rings. The van der Waals surface area contributed by atoms with E-state index >= 15 is 0 Å². The Labute approximate surface area is 176 Å². The van der Waals surface area contributed by atoms with E-state index in [1.807, 2.05) is 0 Å². The fourth-order valence-corrected chi connectivity index (χ4v) is 2.72. The second-order valence-electron chi connectivity index (χ2n) is 9.10. The van der Waals surface area contributed by atoms with Gasteiger partial charge in [-0.3, -0.25) is 4.79 Å². The highest BCUT2D eigenvalue weighted by Crippen LogP contribution is 2.25. The second kappa shape index (κ2) is 8.77. The number of carbonyl (C=O) groups is 3. The average Bonchev–Trinajstić information content (AvgIpc) is 2.93. The van der Waals surface area contributed by atoms with E-state index in [1.165, 1.54) is 6.92 Å². The van der Waals surface area contributed by atoms with Gasteiger partial charge in [0.15, 0.2) is 5.78 Å². The van der Waals surface area contributed by atoms with Gasteiger partial charge in [0, 0.05) is 23.5 Å². The Bertz CT molecular complexity index is 933. The maximum Gasteiger partial charge on any atom is 0.514 e. The Hall–Kier alpha value is -3.03. The number of aromatic nitrogens is 1. The number of alkyl carbamates (subject to hydrolysis) is 1. The largest absolute Gasteiger partial charge is 0.514 e. The minimum Gasteiger partial charge on any atom is -0.444 e. The first-order chi connectivity index (χ1) is 13.7. The van der Waals surface area contributed by atoms with Crippen LogP contribution in [0.25, 0.3) is 10.9 Å². The molecule has 0 aliphatic heterocycles. The molecule has 8 nitrogen and oxygen atoms in total. The average molecular weight is 418 g/mol. The first-order valence-corrected chi connectivity index (χ1v) is 9.74. The van der Waals surface area contributed by atoms with E-state index in [4.69, 9.17) is 14.2 Å². The summed E-state index contributed by atoms with van der Waals surface area (Å²) in [5.74, 6) is 0.119. The number of fused-ring (bicyclic) bond motifs is 1. The molecule has 0 saturated carbocycles. The van der Waals surface area contributed by atoms with Crippen LogP contribution in [0.4, 0.5) is 9.59 Å². The van der Waals surface area contributed by atoms with Crippen LogP contribution in [0.5, 0.6) is 5.75 Å².